The Morgan fingerprint density at radius 3 is 2.72 bits per heavy atom. The van der Waals surface area contributed by atoms with Gasteiger partial charge in [-0.05, 0) is 6.07 Å². The summed E-state index contributed by atoms with van der Waals surface area (Å²) in [5.74, 6) is -1.16. The van der Waals surface area contributed by atoms with Gasteiger partial charge in [-0.15, -0.1) is 11.3 Å². The Balaban J connectivity index is 2.14. The normalized spacial score (nSPS) is 11.7. The maximum Gasteiger partial charge on any atom is 0.435 e. The SMILES string of the molecule is O=C(O)c1nc(Cn2ccc(C(F)(F)F)n2)cs1. The smallest absolute Gasteiger partial charge is 0.435 e. The quantitative estimate of drug-likeness (QED) is 0.933. The van der Waals surface area contributed by atoms with Gasteiger partial charge < -0.3 is 5.11 Å². The van der Waals surface area contributed by atoms with Crippen molar-refractivity contribution in [2.45, 2.75) is 12.7 Å². The Morgan fingerprint density at radius 2 is 2.22 bits per heavy atom. The highest BCUT2D eigenvalue weighted by atomic mass is 32.1. The van der Waals surface area contributed by atoms with Crippen molar-refractivity contribution in [2.75, 3.05) is 0 Å². The third-order valence-electron chi connectivity index (χ3n) is 1.99. The van der Waals surface area contributed by atoms with Gasteiger partial charge in [-0.2, -0.15) is 18.3 Å². The van der Waals surface area contributed by atoms with Crippen LogP contribution in [0.5, 0.6) is 0 Å². The highest BCUT2D eigenvalue weighted by Gasteiger charge is 2.33. The second-order valence-corrected chi connectivity index (χ2v) is 4.20. The van der Waals surface area contributed by atoms with Crippen LogP contribution < -0.4 is 0 Å². The molecule has 2 aromatic heterocycles. The van der Waals surface area contributed by atoms with Gasteiger partial charge in [0.2, 0.25) is 5.01 Å². The lowest BCUT2D eigenvalue weighted by atomic mass is 10.4. The van der Waals surface area contributed by atoms with Crippen LogP contribution in [0.1, 0.15) is 21.2 Å². The summed E-state index contributed by atoms with van der Waals surface area (Å²) >= 11 is 0.915. The maximum absolute atomic E-state index is 12.3. The maximum atomic E-state index is 12.3. The molecule has 96 valence electrons. The summed E-state index contributed by atoms with van der Waals surface area (Å²) < 4.78 is 37.9. The molecule has 2 heterocycles. The third-order valence-corrected chi connectivity index (χ3v) is 2.87. The minimum absolute atomic E-state index is 0.000139. The van der Waals surface area contributed by atoms with Gasteiger partial charge in [-0.25, -0.2) is 9.78 Å². The number of thiazole rings is 1. The molecule has 0 unspecified atom stereocenters. The van der Waals surface area contributed by atoms with Crippen LogP contribution in [0.3, 0.4) is 0 Å². The van der Waals surface area contributed by atoms with Gasteiger partial charge >= 0.3 is 12.1 Å². The Kier molecular flexibility index (Phi) is 3.07. The zero-order chi connectivity index (χ0) is 13.3. The number of nitrogens with zero attached hydrogens (tertiary/aromatic N) is 3. The molecule has 0 bridgehead atoms. The predicted molar refractivity (Wildman–Crippen MR) is 55.4 cm³/mol. The fourth-order valence-corrected chi connectivity index (χ4v) is 1.89. The number of carboxylic acid groups (broad SMARTS) is 1. The summed E-state index contributed by atoms with van der Waals surface area (Å²) in [6.07, 6.45) is -3.32. The number of alkyl halides is 3. The van der Waals surface area contributed by atoms with Gasteiger partial charge in [0.25, 0.3) is 0 Å². The van der Waals surface area contributed by atoms with E-state index in [9.17, 15) is 18.0 Å². The topological polar surface area (TPSA) is 68.0 Å². The molecule has 18 heavy (non-hydrogen) atoms. The molecule has 0 saturated heterocycles. The summed E-state index contributed by atoms with van der Waals surface area (Å²) in [6.45, 7) is -0.000139. The number of carbonyl (C=O) groups is 1. The number of hydrogen-bond donors (Lipinski definition) is 1. The van der Waals surface area contributed by atoms with Gasteiger partial charge in [0.15, 0.2) is 5.69 Å². The molecule has 2 aromatic rings. The van der Waals surface area contributed by atoms with Crippen LogP contribution in [0, 0.1) is 0 Å². The van der Waals surface area contributed by atoms with Crippen molar-refractivity contribution in [3.63, 3.8) is 0 Å². The van der Waals surface area contributed by atoms with Crippen LogP contribution in [0.15, 0.2) is 17.6 Å². The van der Waals surface area contributed by atoms with Crippen LogP contribution >= 0.6 is 11.3 Å². The molecule has 0 aliphatic rings. The Hall–Kier alpha value is -1.90. The van der Waals surface area contributed by atoms with Crippen LogP contribution in [0.2, 0.25) is 0 Å². The van der Waals surface area contributed by atoms with E-state index >= 15 is 0 Å². The molecule has 0 saturated carbocycles. The van der Waals surface area contributed by atoms with Gasteiger partial charge in [-0.1, -0.05) is 0 Å². The number of carboxylic acids is 1. The average molecular weight is 277 g/mol. The largest absolute Gasteiger partial charge is 0.476 e. The summed E-state index contributed by atoms with van der Waals surface area (Å²) in [4.78, 5) is 14.3. The van der Waals surface area contributed by atoms with E-state index in [1.165, 1.54) is 11.6 Å². The minimum Gasteiger partial charge on any atom is -0.476 e. The third kappa shape index (κ3) is 2.67. The van der Waals surface area contributed by atoms with Crippen molar-refractivity contribution in [2.24, 2.45) is 0 Å². The van der Waals surface area contributed by atoms with E-state index in [2.05, 4.69) is 10.1 Å². The van der Waals surface area contributed by atoms with Gasteiger partial charge in [0.1, 0.15) is 0 Å². The number of rotatable bonds is 3. The summed E-state index contributed by atoms with van der Waals surface area (Å²) in [5.41, 5.74) is -0.634. The molecule has 0 aromatic carbocycles. The predicted octanol–water partition coefficient (Wildman–Crippen LogP) is 2.10. The van der Waals surface area contributed by atoms with E-state index in [4.69, 9.17) is 5.11 Å². The lowest BCUT2D eigenvalue weighted by molar-refractivity contribution is -0.141. The standard InChI is InChI=1S/C9H6F3N3O2S/c10-9(11,12)6-1-2-15(14-6)3-5-4-18-7(13-5)8(16)17/h1-2,4H,3H2,(H,16,17). The van der Waals surface area contributed by atoms with E-state index in [0.717, 1.165) is 22.1 Å². The van der Waals surface area contributed by atoms with E-state index < -0.39 is 17.8 Å². The first-order valence-electron chi connectivity index (χ1n) is 4.64. The lowest BCUT2D eigenvalue weighted by Crippen LogP contribution is -2.08. The van der Waals surface area contributed by atoms with Gasteiger partial charge in [0, 0.05) is 11.6 Å². The van der Waals surface area contributed by atoms with Crippen LogP contribution in [-0.4, -0.2) is 25.8 Å². The lowest BCUT2D eigenvalue weighted by Gasteiger charge is -2.01. The summed E-state index contributed by atoms with van der Waals surface area (Å²) in [5, 5.41) is 13.4. The first kappa shape index (κ1) is 12.6. The van der Waals surface area contributed by atoms with Crippen molar-refractivity contribution >= 4 is 17.3 Å². The van der Waals surface area contributed by atoms with E-state index in [0.29, 0.717) is 5.69 Å². The number of halogens is 3. The Bertz CT molecular complexity index is 576. The summed E-state index contributed by atoms with van der Waals surface area (Å²) in [6, 6.07) is 0.852. The highest BCUT2D eigenvalue weighted by molar-refractivity contribution is 7.11. The molecular weight excluding hydrogens is 271 g/mol. The molecule has 2 rings (SSSR count). The molecule has 0 spiro atoms. The fraction of sp³-hybridized carbons (Fsp3) is 0.222. The molecule has 0 aliphatic heterocycles. The molecular formula is C9H6F3N3O2S. The van der Waals surface area contributed by atoms with Crippen LogP contribution in [0.25, 0.3) is 0 Å². The number of aromatic carboxylic acids is 1. The van der Waals surface area contributed by atoms with Crippen molar-refractivity contribution in [1.29, 1.82) is 0 Å². The second kappa shape index (κ2) is 4.41. The summed E-state index contributed by atoms with van der Waals surface area (Å²) in [7, 11) is 0. The van der Waals surface area contributed by atoms with Crippen LogP contribution in [0.4, 0.5) is 13.2 Å². The molecule has 0 atom stereocenters. The Morgan fingerprint density at radius 1 is 1.50 bits per heavy atom. The number of aromatic nitrogens is 3. The average Bonchev–Trinajstić information content (AvgIpc) is 2.85. The molecule has 0 radical (unpaired) electrons. The highest BCUT2D eigenvalue weighted by Crippen LogP contribution is 2.27. The van der Waals surface area contributed by atoms with Crippen molar-refractivity contribution in [1.82, 2.24) is 14.8 Å². The molecule has 0 aliphatic carbocycles. The van der Waals surface area contributed by atoms with Crippen molar-refractivity contribution in [3.05, 3.63) is 34.0 Å². The zero-order valence-corrected chi connectivity index (χ0v) is 9.49. The van der Waals surface area contributed by atoms with Crippen molar-refractivity contribution in [3.8, 4) is 0 Å². The molecule has 0 amide bonds. The number of hydrogen-bond acceptors (Lipinski definition) is 4. The first-order chi connectivity index (χ1) is 8.36. The van der Waals surface area contributed by atoms with Crippen LogP contribution in [-0.2, 0) is 12.7 Å². The first-order valence-corrected chi connectivity index (χ1v) is 5.52. The minimum atomic E-state index is -4.49. The molecule has 1 N–H and O–H groups in total. The molecule has 9 heteroatoms. The molecule has 0 fully saturated rings. The van der Waals surface area contributed by atoms with E-state index in [1.54, 1.807) is 0 Å². The Labute approximate surface area is 103 Å². The zero-order valence-electron chi connectivity index (χ0n) is 8.68. The monoisotopic (exact) mass is 277 g/mol. The molecule has 5 nitrogen and oxygen atoms in total. The second-order valence-electron chi connectivity index (χ2n) is 3.35. The van der Waals surface area contributed by atoms with E-state index in [-0.39, 0.29) is 11.6 Å². The van der Waals surface area contributed by atoms with Gasteiger partial charge in [0.05, 0.1) is 12.2 Å². The fourth-order valence-electron chi connectivity index (χ4n) is 1.24. The van der Waals surface area contributed by atoms with Gasteiger partial charge in [-0.3, -0.25) is 4.68 Å². The van der Waals surface area contributed by atoms with E-state index in [1.807, 2.05) is 0 Å². The van der Waals surface area contributed by atoms with Crippen molar-refractivity contribution < 1.29 is 23.1 Å².